The first-order valence-electron chi connectivity index (χ1n) is 10.3. The summed E-state index contributed by atoms with van der Waals surface area (Å²) in [5.41, 5.74) is 0. The molecule has 0 N–H and O–H groups in total. The molecule has 1 nitrogen and oxygen atoms in total. The molecule has 0 saturated carbocycles. The van der Waals surface area contributed by atoms with Crippen molar-refractivity contribution in [3.63, 3.8) is 0 Å². The van der Waals surface area contributed by atoms with Crippen molar-refractivity contribution in [2.45, 2.75) is 41.5 Å². The molecule has 0 atom stereocenters. The standard InChI is InChI=1S/C10H8.C6H6.C5H5N.3C2H6/c1-2-6-10-8-4-3-7-9(10)5-1;2*1-2-4-6-5-3-1;3*1-2/h1-8H;1-6H;1-5H;3*1-2H3. The second-order valence-corrected chi connectivity index (χ2v) is 4.53. The quantitative estimate of drug-likeness (QED) is 0.299. The minimum Gasteiger partial charge on any atom is -0.265 e. The van der Waals surface area contributed by atoms with Crippen molar-refractivity contribution in [1.82, 2.24) is 4.98 Å². The Morgan fingerprint density at radius 3 is 0.786 bits per heavy atom. The molecule has 0 fully saturated rings. The highest BCUT2D eigenvalue weighted by atomic mass is 14.6. The minimum atomic E-state index is 1.31. The Balaban J connectivity index is 0. The van der Waals surface area contributed by atoms with Gasteiger partial charge in [0.2, 0.25) is 0 Å². The van der Waals surface area contributed by atoms with Crippen LogP contribution in [-0.2, 0) is 0 Å². The molecule has 0 unspecified atom stereocenters. The first-order chi connectivity index (χ1) is 14.0. The summed E-state index contributed by atoms with van der Waals surface area (Å²) in [6.45, 7) is 12.0. The molecular weight excluding hydrogens is 338 g/mol. The minimum absolute atomic E-state index is 1.31. The zero-order chi connectivity index (χ0) is 21.3. The monoisotopic (exact) mass is 375 g/mol. The molecule has 1 aromatic heterocycles. The molecule has 4 rings (SSSR count). The van der Waals surface area contributed by atoms with E-state index in [1.165, 1.54) is 10.8 Å². The number of benzene rings is 3. The van der Waals surface area contributed by atoms with Crippen molar-refractivity contribution in [3.05, 3.63) is 116 Å². The van der Waals surface area contributed by atoms with E-state index in [0.717, 1.165) is 0 Å². The highest BCUT2D eigenvalue weighted by Gasteiger charge is 1.85. The predicted molar refractivity (Wildman–Crippen MR) is 129 cm³/mol. The molecule has 150 valence electrons. The van der Waals surface area contributed by atoms with Crippen LogP contribution in [0, 0.1) is 0 Å². The van der Waals surface area contributed by atoms with Crippen molar-refractivity contribution in [2.75, 3.05) is 0 Å². The summed E-state index contributed by atoms with van der Waals surface area (Å²) in [4.78, 5) is 3.78. The molecule has 0 aliphatic rings. The number of pyridine rings is 1. The van der Waals surface area contributed by atoms with Crippen LogP contribution in [0.25, 0.3) is 10.8 Å². The van der Waals surface area contributed by atoms with Gasteiger partial charge >= 0.3 is 0 Å². The van der Waals surface area contributed by atoms with E-state index in [1.54, 1.807) is 12.4 Å². The van der Waals surface area contributed by atoms with Crippen molar-refractivity contribution < 1.29 is 0 Å². The van der Waals surface area contributed by atoms with Gasteiger partial charge in [0, 0.05) is 12.4 Å². The highest BCUT2D eigenvalue weighted by Crippen LogP contribution is 2.11. The van der Waals surface area contributed by atoms with E-state index < -0.39 is 0 Å². The van der Waals surface area contributed by atoms with Gasteiger partial charge in [-0.3, -0.25) is 4.98 Å². The number of aromatic nitrogens is 1. The third-order valence-electron chi connectivity index (χ3n) is 2.89. The number of hydrogen-bond acceptors (Lipinski definition) is 1. The maximum atomic E-state index is 3.78. The van der Waals surface area contributed by atoms with Crippen LogP contribution < -0.4 is 0 Å². The summed E-state index contributed by atoms with van der Waals surface area (Å²) in [7, 11) is 0. The van der Waals surface area contributed by atoms with Gasteiger partial charge in [-0.1, -0.05) is 133 Å². The lowest BCUT2D eigenvalue weighted by molar-refractivity contribution is 1.33. The summed E-state index contributed by atoms with van der Waals surface area (Å²) >= 11 is 0. The molecule has 0 aliphatic heterocycles. The van der Waals surface area contributed by atoms with Gasteiger partial charge in [-0.15, -0.1) is 0 Å². The molecule has 0 aliphatic carbocycles. The Morgan fingerprint density at radius 2 is 0.607 bits per heavy atom. The fourth-order valence-corrected chi connectivity index (χ4v) is 1.83. The Bertz CT molecular complexity index is 587. The lowest BCUT2D eigenvalue weighted by Gasteiger charge is -1.92. The Labute approximate surface area is 173 Å². The van der Waals surface area contributed by atoms with Crippen molar-refractivity contribution >= 4 is 10.8 Å². The molecule has 28 heavy (non-hydrogen) atoms. The van der Waals surface area contributed by atoms with Crippen LogP contribution in [0.15, 0.2) is 116 Å². The zero-order valence-electron chi connectivity index (χ0n) is 18.4. The van der Waals surface area contributed by atoms with E-state index in [9.17, 15) is 0 Å². The summed E-state index contributed by atoms with van der Waals surface area (Å²) in [5.74, 6) is 0. The Kier molecular flexibility index (Phi) is 23.5. The average molecular weight is 376 g/mol. The molecule has 0 spiro atoms. The summed E-state index contributed by atoms with van der Waals surface area (Å²) in [6.07, 6.45) is 3.50. The van der Waals surface area contributed by atoms with Gasteiger partial charge in [0.25, 0.3) is 0 Å². The maximum absolute atomic E-state index is 3.78. The van der Waals surface area contributed by atoms with Gasteiger partial charge in [0.05, 0.1) is 0 Å². The van der Waals surface area contributed by atoms with Crippen molar-refractivity contribution in [1.29, 1.82) is 0 Å². The molecule has 0 amide bonds. The van der Waals surface area contributed by atoms with E-state index >= 15 is 0 Å². The number of nitrogens with zero attached hydrogens (tertiary/aromatic N) is 1. The van der Waals surface area contributed by atoms with Gasteiger partial charge in [-0.2, -0.15) is 0 Å². The van der Waals surface area contributed by atoms with Crippen molar-refractivity contribution in [2.24, 2.45) is 0 Å². The molecule has 0 saturated heterocycles. The summed E-state index contributed by atoms with van der Waals surface area (Å²) < 4.78 is 0. The first kappa shape index (κ1) is 27.3. The molecular formula is C27H37N. The van der Waals surface area contributed by atoms with E-state index in [4.69, 9.17) is 0 Å². The van der Waals surface area contributed by atoms with E-state index in [1.807, 2.05) is 96.1 Å². The number of hydrogen-bond donors (Lipinski definition) is 0. The maximum Gasteiger partial charge on any atom is 0.0267 e. The van der Waals surface area contributed by atoms with Crippen LogP contribution in [0.2, 0.25) is 0 Å². The molecule has 1 heteroatoms. The lowest BCUT2D eigenvalue weighted by Crippen LogP contribution is -1.67. The molecule has 0 bridgehead atoms. The summed E-state index contributed by atoms with van der Waals surface area (Å²) in [6, 6.07) is 34.4. The van der Waals surface area contributed by atoms with Crippen LogP contribution >= 0.6 is 0 Å². The van der Waals surface area contributed by atoms with Crippen molar-refractivity contribution in [3.8, 4) is 0 Å². The number of rotatable bonds is 0. The van der Waals surface area contributed by atoms with Crippen LogP contribution in [0.3, 0.4) is 0 Å². The smallest absolute Gasteiger partial charge is 0.0267 e. The molecule has 3 aromatic carbocycles. The fraction of sp³-hybridized carbons (Fsp3) is 0.222. The van der Waals surface area contributed by atoms with E-state index in [-0.39, 0.29) is 0 Å². The van der Waals surface area contributed by atoms with Crippen LogP contribution in [0.5, 0.6) is 0 Å². The predicted octanol–water partition coefficient (Wildman–Crippen LogP) is 8.69. The second-order valence-electron chi connectivity index (χ2n) is 4.53. The van der Waals surface area contributed by atoms with Gasteiger partial charge in [-0.25, -0.2) is 0 Å². The third kappa shape index (κ3) is 15.3. The van der Waals surface area contributed by atoms with Gasteiger partial charge in [-0.05, 0) is 22.9 Å². The largest absolute Gasteiger partial charge is 0.265 e. The van der Waals surface area contributed by atoms with Gasteiger partial charge in [0.1, 0.15) is 0 Å². The molecule has 4 aromatic rings. The normalized spacial score (nSPS) is 7.64. The molecule has 0 radical (unpaired) electrons. The zero-order valence-corrected chi connectivity index (χ0v) is 18.4. The second kappa shape index (κ2) is 24.1. The molecule has 1 heterocycles. The van der Waals surface area contributed by atoms with E-state index in [0.29, 0.717) is 0 Å². The fourth-order valence-electron chi connectivity index (χ4n) is 1.83. The van der Waals surface area contributed by atoms with Gasteiger partial charge < -0.3 is 0 Å². The van der Waals surface area contributed by atoms with Crippen LogP contribution in [-0.4, -0.2) is 4.98 Å². The van der Waals surface area contributed by atoms with Crippen LogP contribution in [0.4, 0.5) is 0 Å². The summed E-state index contributed by atoms with van der Waals surface area (Å²) in [5, 5.41) is 2.62. The number of fused-ring (bicyclic) bond motifs is 1. The third-order valence-corrected chi connectivity index (χ3v) is 2.89. The van der Waals surface area contributed by atoms with Gasteiger partial charge in [0.15, 0.2) is 0 Å². The average Bonchev–Trinajstić information content (AvgIpc) is 2.86. The van der Waals surface area contributed by atoms with E-state index in [2.05, 4.69) is 53.5 Å². The topological polar surface area (TPSA) is 12.9 Å². The SMILES string of the molecule is CC.CC.CC.c1ccc2ccccc2c1.c1ccccc1.c1ccncc1. The van der Waals surface area contributed by atoms with Crippen LogP contribution in [0.1, 0.15) is 41.5 Å². The Morgan fingerprint density at radius 1 is 0.357 bits per heavy atom. The Hall–Kier alpha value is -2.93. The lowest BCUT2D eigenvalue weighted by atomic mass is 10.1. The highest BCUT2D eigenvalue weighted by molar-refractivity contribution is 5.81. The first-order valence-corrected chi connectivity index (χ1v) is 10.3.